The lowest BCUT2D eigenvalue weighted by Gasteiger charge is -2.12. The molecule has 2 rings (SSSR count). The van der Waals surface area contributed by atoms with E-state index in [4.69, 9.17) is 0 Å². The predicted octanol–water partition coefficient (Wildman–Crippen LogP) is 3.03. The minimum absolute atomic E-state index is 0.256. The average Bonchev–Trinajstić information content (AvgIpc) is 2.90. The van der Waals surface area contributed by atoms with Crippen molar-refractivity contribution in [2.24, 2.45) is 0 Å². The molecule has 1 heterocycles. The number of aryl methyl sites for hydroxylation is 2. The van der Waals surface area contributed by atoms with E-state index in [0.29, 0.717) is 12.2 Å². The third-order valence-corrected chi connectivity index (χ3v) is 3.37. The molecule has 0 atom stereocenters. The van der Waals surface area contributed by atoms with Gasteiger partial charge in [-0.15, -0.1) is 0 Å². The first-order valence-electron chi connectivity index (χ1n) is 7.64. The van der Waals surface area contributed by atoms with Gasteiger partial charge in [0.05, 0.1) is 0 Å². The zero-order valence-corrected chi connectivity index (χ0v) is 13.0. The molecule has 0 fully saturated rings. The maximum Gasteiger partial charge on any atom is 0.151 e. The van der Waals surface area contributed by atoms with Crippen LogP contribution in [0, 0.1) is 5.82 Å². The molecule has 0 saturated heterocycles. The zero-order chi connectivity index (χ0) is 15.2. The Bertz CT molecular complexity index is 592. The van der Waals surface area contributed by atoms with Crippen LogP contribution >= 0.6 is 0 Å². The van der Waals surface area contributed by atoms with E-state index < -0.39 is 0 Å². The Labute approximate surface area is 125 Å². The summed E-state index contributed by atoms with van der Waals surface area (Å²) < 4.78 is 16.0. The third-order valence-electron chi connectivity index (χ3n) is 3.37. The van der Waals surface area contributed by atoms with Crippen LogP contribution in [0.5, 0.6) is 0 Å². The van der Waals surface area contributed by atoms with Crippen LogP contribution < -0.4 is 5.32 Å². The normalized spacial score (nSPS) is 11.0. The standard InChI is InChI=1S/C16H23FN4/c1-4-10-18-11-12-8-7-9-13(17)16(12)21-15(6-3)19-14(5-2)20-21/h7-9,18H,4-6,10-11H2,1-3H3. The summed E-state index contributed by atoms with van der Waals surface area (Å²) >= 11 is 0. The van der Waals surface area contributed by atoms with E-state index in [2.05, 4.69) is 22.3 Å². The van der Waals surface area contributed by atoms with Crippen LogP contribution in [0.2, 0.25) is 0 Å². The number of hydrogen-bond acceptors (Lipinski definition) is 3. The molecule has 0 bridgehead atoms. The third kappa shape index (κ3) is 3.47. The quantitative estimate of drug-likeness (QED) is 0.797. The number of hydrogen-bond donors (Lipinski definition) is 1. The molecule has 0 aliphatic carbocycles. The van der Waals surface area contributed by atoms with E-state index >= 15 is 0 Å². The molecule has 0 radical (unpaired) electrons. The Balaban J connectivity index is 2.44. The number of rotatable bonds is 7. The number of nitrogens with zero attached hydrogens (tertiary/aromatic N) is 3. The van der Waals surface area contributed by atoms with E-state index in [0.717, 1.165) is 43.0 Å². The highest BCUT2D eigenvalue weighted by Crippen LogP contribution is 2.20. The molecule has 0 spiro atoms. The SMILES string of the molecule is CCCNCc1cccc(F)c1-n1nc(CC)nc1CC. The lowest BCUT2D eigenvalue weighted by Crippen LogP contribution is -2.17. The molecular weight excluding hydrogens is 267 g/mol. The molecule has 21 heavy (non-hydrogen) atoms. The Morgan fingerprint density at radius 1 is 1.19 bits per heavy atom. The molecule has 114 valence electrons. The Hall–Kier alpha value is -1.75. The van der Waals surface area contributed by atoms with Crippen molar-refractivity contribution in [1.82, 2.24) is 20.1 Å². The van der Waals surface area contributed by atoms with Gasteiger partial charge in [0, 0.05) is 19.4 Å². The number of nitrogens with one attached hydrogen (secondary N) is 1. The summed E-state index contributed by atoms with van der Waals surface area (Å²) in [5.74, 6) is 1.30. The van der Waals surface area contributed by atoms with Gasteiger partial charge in [-0.05, 0) is 24.6 Å². The van der Waals surface area contributed by atoms with Gasteiger partial charge in [-0.1, -0.05) is 32.9 Å². The summed E-state index contributed by atoms with van der Waals surface area (Å²) in [6.45, 7) is 7.67. The zero-order valence-electron chi connectivity index (χ0n) is 13.0. The van der Waals surface area contributed by atoms with E-state index in [1.165, 1.54) is 6.07 Å². The lowest BCUT2D eigenvalue weighted by atomic mass is 10.1. The molecule has 5 heteroatoms. The lowest BCUT2D eigenvalue weighted by molar-refractivity contribution is 0.594. The highest BCUT2D eigenvalue weighted by atomic mass is 19.1. The van der Waals surface area contributed by atoms with Gasteiger partial charge in [-0.2, -0.15) is 5.10 Å². The molecule has 2 aromatic rings. The van der Waals surface area contributed by atoms with E-state index in [1.807, 2.05) is 19.9 Å². The largest absolute Gasteiger partial charge is 0.313 e. The molecule has 0 unspecified atom stereocenters. The van der Waals surface area contributed by atoms with Crippen LogP contribution in [0.15, 0.2) is 18.2 Å². The van der Waals surface area contributed by atoms with Crippen LogP contribution in [-0.4, -0.2) is 21.3 Å². The van der Waals surface area contributed by atoms with Crippen molar-refractivity contribution >= 4 is 0 Å². The molecular formula is C16H23FN4. The van der Waals surface area contributed by atoms with E-state index in [1.54, 1.807) is 10.7 Å². The van der Waals surface area contributed by atoms with Crippen molar-refractivity contribution in [2.75, 3.05) is 6.54 Å². The smallest absolute Gasteiger partial charge is 0.151 e. The molecule has 0 saturated carbocycles. The summed E-state index contributed by atoms with van der Waals surface area (Å²) in [5.41, 5.74) is 1.43. The minimum atomic E-state index is -0.256. The van der Waals surface area contributed by atoms with Gasteiger partial charge in [-0.25, -0.2) is 14.1 Å². The maximum absolute atomic E-state index is 14.4. The number of aromatic nitrogens is 3. The van der Waals surface area contributed by atoms with Crippen molar-refractivity contribution in [3.8, 4) is 5.69 Å². The van der Waals surface area contributed by atoms with Crippen molar-refractivity contribution in [3.63, 3.8) is 0 Å². The second-order valence-electron chi connectivity index (χ2n) is 4.99. The van der Waals surface area contributed by atoms with Crippen LogP contribution in [0.3, 0.4) is 0 Å². The van der Waals surface area contributed by atoms with Crippen LogP contribution in [0.25, 0.3) is 5.69 Å². The summed E-state index contributed by atoms with van der Waals surface area (Å²) in [6.07, 6.45) is 2.52. The first kappa shape index (κ1) is 15.6. The van der Waals surface area contributed by atoms with Crippen LogP contribution in [0.4, 0.5) is 4.39 Å². The summed E-state index contributed by atoms with van der Waals surface area (Å²) in [6, 6.07) is 5.16. The van der Waals surface area contributed by atoms with Crippen molar-refractivity contribution < 1.29 is 4.39 Å². The predicted molar refractivity (Wildman–Crippen MR) is 82.1 cm³/mol. The van der Waals surface area contributed by atoms with Crippen molar-refractivity contribution in [1.29, 1.82) is 0 Å². The average molecular weight is 290 g/mol. The Morgan fingerprint density at radius 3 is 2.67 bits per heavy atom. The minimum Gasteiger partial charge on any atom is -0.313 e. The van der Waals surface area contributed by atoms with Gasteiger partial charge >= 0.3 is 0 Å². The van der Waals surface area contributed by atoms with Gasteiger partial charge in [0.25, 0.3) is 0 Å². The highest BCUT2D eigenvalue weighted by Gasteiger charge is 2.16. The van der Waals surface area contributed by atoms with Crippen LogP contribution in [0.1, 0.15) is 44.4 Å². The second kappa shape index (κ2) is 7.31. The van der Waals surface area contributed by atoms with Crippen molar-refractivity contribution in [2.45, 2.75) is 46.6 Å². The first-order chi connectivity index (χ1) is 10.2. The molecule has 1 N–H and O–H groups in total. The van der Waals surface area contributed by atoms with E-state index in [-0.39, 0.29) is 5.82 Å². The molecule has 1 aromatic carbocycles. The fraction of sp³-hybridized carbons (Fsp3) is 0.500. The Kier molecular flexibility index (Phi) is 5.44. The highest BCUT2D eigenvalue weighted by molar-refractivity contribution is 5.42. The summed E-state index contributed by atoms with van der Waals surface area (Å²) in [7, 11) is 0. The molecule has 0 aliphatic rings. The maximum atomic E-state index is 14.4. The summed E-state index contributed by atoms with van der Waals surface area (Å²) in [5, 5.41) is 7.78. The first-order valence-corrected chi connectivity index (χ1v) is 7.64. The van der Waals surface area contributed by atoms with Gasteiger partial charge in [0.15, 0.2) is 5.82 Å². The molecule has 1 aromatic heterocycles. The molecule has 4 nitrogen and oxygen atoms in total. The van der Waals surface area contributed by atoms with Gasteiger partial charge in [0.2, 0.25) is 0 Å². The molecule has 0 amide bonds. The van der Waals surface area contributed by atoms with Crippen molar-refractivity contribution in [3.05, 3.63) is 41.2 Å². The molecule has 0 aliphatic heterocycles. The van der Waals surface area contributed by atoms with E-state index in [9.17, 15) is 4.39 Å². The summed E-state index contributed by atoms with van der Waals surface area (Å²) in [4.78, 5) is 4.47. The number of halogens is 1. The van der Waals surface area contributed by atoms with Gasteiger partial charge < -0.3 is 5.32 Å². The number of benzene rings is 1. The fourth-order valence-electron chi connectivity index (χ4n) is 2.29. The second-order valence-corrected chi connectivity index (χ2v) is 4.99. The number of para-hydroxylation sites is 1. The fourth-order valence-corrected chi connectivity index (χ4v) is 2.29. The Morgan fingerprint density at radius 2 is 2.00 bits per heavy atom. The van der Waals surface area contributed by atoms with Gasteiger partial charge in [-0.3, -0.25) is 0 Å². The van der Waals surface area contributed by atoms with Crippen LogP contribution in [-0.2, 0) is 19.4 Å². The van der Waals surface area contributed by atoms with Gasteiger partial charge in [0.1, 0.15) is 17.3 Å². The topological polar surface area (TPSA) is 42.7 Å². The monoisotopic (exact) mass is 290 g/mol.